The van der Waals surface area contributed by atoms with E-state index in [4.69, 9.17) is 14.2 Å². The molecule has 0 saturated heterocycles. The van der Waals surface area contributed by atoms with Crippen LogP contribution in [0.3, 0.4) is 0 Å². The summed E-state index contributed by atoms with van der Waals surface area (Å²) in [6.45, 7) is 4.25. The first-order valence-electron chi connectivity index (χ1n) is 7.99. The van der Waals surface area contributed by atoms with E-state index in [9.17, 15) is 4.79 Å². The van der Waals surface area contributed by atoms with Gasteiger partial charge in [0, 0.05) is 11.8 Å². The smallest absolute Gasteiger partial charge is 0.266 e. The number of benzene rings is 1. The molecule has 1 N–H and O–H groups in total. The third-order valence-corrected chi connectivity index (χ3v) is 5.02. The second-order valence-corrected chi connectivity index (χ2v) is 6.37. The van der Waals surface area contributed by atoms with Gasteiger partial charge in [-0.2, -0.15) is 0 Å². The van der Waals surface area contributed by atoms with Crippen molar-refractivity contribution in [2.45, 2.75) is 13.8 Å². The molecule has 0 radical (unpaired) electrons. The highest BCUT2D eigenvalue weighted by Crippen LogP contribution is 2.35. The molecule has 0 spiro atoms. The van der Waals surface area contributed by atoms with Gasteiger partial charge in [0.1, 0.15) is 11.2 Å². The van der Waals surface area contributed by atoms with Gasteiger partial charge in [-0.15, -0.1) is 11.3 Å². The molecule has 3 aromatic rings. The van der Waals surface area contributed by atoms with Gasteiger partial charge in [0.25, 0.3) is 5.91 Å². The number of aromatic nitrogens is 2. The lowest BCUT2D eigenvalue weighted by Gasteiger charge is -2.10. The van der Waals surface area contributed by atoms with Gasteiger partial charge in [-0.25, -0.2) is 9.97 Å². The van der Waals surface area contributed by atoms with E-state index in [2.05, 4.69) is 15.3 Å². The standard InChI is InChI=1S/C18H19N3O4S/c1-5-25-17-14-10(2)15(26-18(14)20-9-19-17)16(22)21-11-6-7-12(23-3)13(8-11)24-4/h6-9H,5H2,1-4H3,(H,21,22). The third kappa shape index (κ3) is 3.28. The number of nitrogens with zero attached hydrogens (tertiary/aromatic N) is 2. The van der Waals surface area contributed by atoms with Crippen molar-refractivity contribution in [1.82, 2.24) is 9.97 Å². The van der Waals surface area contributed by atoms with Crippen LogP contribution in [0.2, 0.25) is 0 Å². The Hall–Kier alpha value is -2.87. The van der Waals surface area contributed by atoms with Crippen molar-refractivity contribution in [1.29, 1.82) is 0 Å². The summed E-state index contributed by atoms with van der Waals surface area (Å²) in [5, 5.41) is 3.66. The summed E-state index contributed by atoms with van der Waals surface area (Å²) in [6, 6.07) is 5.21. The molecule has 136 valence electrons. The second kappa shape index (κ2) is 7.57. The number of rotatable bonds is 6. The highest BCUT2D eigenvalue weighted by Gasteiger charge is 2.20. The summed E-state index contributed by atoms with van der Waals surface area (Å²) in [7, 11) is 3.11. The third-order valence-electron chi connectivity index (χ3n) is 3.82. The van der Waals surface area contributed by atoms with Gasteiger partial charge in [-0.3, -0.25) is 4.79 Å². The lowest BCUT2D eigenvalue weighted by atomic mass is 10.2. The summed E-state index contributed by atoms with van der Waals surface area (Å²) in [5.74, 6) is 1.42. The normalized spacial score (nSPS) is 10.6. The number of anilines is 1. The Morgan fingerprint density at radius 1 is 1.19 bits per heavy atom. The fourth-order valence-electron chi connectivity index (χ4n) is 2.60. The number of methoxy groups -OCH3 is 2. The van der Waals surface area contributed by atoms with Gasteiger partial charge in [-0.1, -0.05) is 0 Å². The number of amides is 1. The molecule has 0 aliphatic carbocycles. The average molecular weight is 373 g/mol. The molecule has 0 bridgehead atoms. The van der Waals surface area contributed by atoms with Crippen molar-refractivity contribution in [3.05, 3.63) is 35.0 Å². The minimum absolute atomic E-state index is 0.222. The lowest BCUT2D eigenvalue weighted by Crippen LogP contribution is -2.11. The van der Waals surface area contributed by atoms with E-state index in [0.717, 1.165) is 15.8 Å². The second-order valence-electron chi connectivity index (χ2n) is 5.37. The molecule has 1 aromatic carbocycles. The lowest BCUT2D eigenvalue weighted by molar-refractivity contribution is 0.103. The van der Waals surface area contributed by atoms with Crippen LogP contribution in [0.15, 0.2) is 24.5 Å². The first-order chi connectivity index (χ1) is 12.6. The van der Waals surface area contributed by atoms with Gasteiger partial charge in [0.2, 0.25) is 5.88 Å². The van der Waals surface area contributed by atoms with Gasteiger partial charge < -0.3 is 19.5 Å². The molecule has 26 heavy (non-hydrogen) atoms. The van der Waals surface area contributed by atoms with Crippen molar-refractivity contribution < 1.29 is 19.0 Å². The van der Waals surface area contributed by atoms with Crippen LogP contribution in [-0.4, -0.2) is 36.7 Å². The van der Waals surface area contributed by atoms with Crippen LogP contribution in [0.5, 0.6) is 17.4 Å². The van der Waals surface area contributed by atoms with Crippen molar-refractivity contribution in [2.24, 2.45) is 0 Å². The van der Waals surface area contributed by atoms with Crippen LogP contribution in [0, 0.1) is 6.92 Å². The van der Waals surface area contributed by atoms with Crippen molar-refractivity contribution >= 4 is 33.1 Å². The minimum atomic E-state index is -0.222. The zero-order chi connectivity index (χ0) is 18.7. The number of hydrogen-bond donors (Lipinski definition) is 1. The Kier molecular flexibility index (Phi) is 5.22. The molecule has 8 heteroatoms. The highest BCUT2D eigenvalue weighted by atomic mass is 32.1. The van der Waals surface area contributed by atoms with E-state index >= 15 is 0 Å². The van der Waals surface area contributed by atoms with E-state index in [-0.39, 0.29) is 5.91 Å². The van der Waals surface area contributed by atoms with Crippen LogP contribution in [0.4, 0.5) is 5.69 Å². The molecule has 2 aromatic heterocycles. The number of carbonyl (C=O) groups is 1. The summed E-state index contributed by atoms with van der Waals surface area (Å²) in [6.07, 6.45) is 1.44. The van der Waals surface area contributed by atoms with E-state index in [1.165, 1.54) is 17.7 Å². The summed E-state index contributed by atoms with van der Waals surface area (Å²) in [4.78, 5) is 22.5. The minimum Gasteiger partial charge on any atom is -0.493 e. The van der Waals surface area contributed by atoms with Crippen molar-refractivity contribution in [3.8, 4) is 17.4 Å². The first kappa shape index (κ1) is 17.9. The Labute approximate surface area is 154 Å². The summed E-state index contributed by atoms with van der Waals surface area (Å²) in [5.41, 5.74) is 1.41. The van der Waals surface area contributed by atoms with Crippen LogP contribution >= 0.6 is 11.3 Å². The molecular weight excluding hydrogens is 354 g/mol. The molecule has 0 aliphatic rings. The maximum Gasteiger partial charge on any atom is 0.266 e. The van der Waals surface area contributed by atoms with Gasteiger partial charge in [0.05, 0.1) is 31.1 Å². The molecule has 1 amide bonds. The molecule has 0 atom stereocenters. The predicted molar refractivity (Wildman–Crippen MR) is 101 cm³/mol. The molecule has 7 nitrogen and oxygen atoms in total. The zero-order valence-electron chi connectivity index (χ0n) is 15.0. The zero-order valence-corrected chi connectivity index (χ0v) is 15.8. The number of fused-ring (bicyclic) bond motifs is 1. The Morgan fingerprint density at radius 3 is 2.65 bits per heavy atom. The molecule has 0 unspecified atom stereocenters. The fraction of sp³-hybridized carbons (Fsp3) is 0.278. The van der Waals surface area contributed by atoms with E-state index in [0.29, 0.717) is 34.6 Å². The monoisotopic (exact) mass is 373 g/mol. The number of ether oxygens (including phenoxy) is 3. The summed E-state index contributed by atoms with van der Waals surface area (Å²) >= 11 is 1.31. The Morgan fingerprint density at radius 2 is 1.96 bits per heavy atom. The van der Waals surface area contributed by atoms with Crippen LogP contribution in [0.1, 0.15) is 22.2 Å². The first-order valence-corrected chi connectivity index (χ1v) is 8.81. The molecule has 3 rings (SSSR count). The molecule has 0 aliphatic heterocycles. The maximum absolute atomic E-state index is 12.8. The Balaban J connectivity index is 1.93. The maximum atomic E-state index is 12.8. The van der Waals surface area contributed by atoms with Crippen LogP contribution < -0.4 is 19.5 Å². The van der Waals surface area contributed by atoms with E-state index < -0.39 is 0 Å². The van der Waals surface area contributed by atoms with E-state index in [1.807, 2.05) is 13.8 Å². The van der Waals surface area contributed by atoms with Crippen molar-refractivity contribution in [2.75, 3.05) is 26.1 Å². The Bertz CT molecular complexity index is 955. The quantitative estimate of drug-likeness (QED) is 0.710. The molecular formula is C18H19N3O4S. The number of nitrogens with one attached hydrogen (secondary N) is 1. The number of aryl methyl sites for hydroxylation is 1. The van der Waals surface area contributed by atoms with Crippen LogP contribution in [-0.2, 0) is 0 Å². The topological polar surface area (TPSA) is 82.6 Å². The molecule has 0 saturated carbocycles. The predicted octanol–water partition coefficient (Wildman–Crippen LogP) is 3.67. The molecule has 0 fully saturated rings. The largest absolute Gasteiger partial charge is 0.493 e. The van der Waals surface area contributed by atoms with Crippen LogP contribution in [0.25, 0.3) is 10.2 Å². The average Bonchev–Trinajstić information content (AvgIpc) is 2.99. The SMILES string of the molecule is CCOc1ncnc2sc(C(=O)Nc3ccc(OC)c(OC)c3)c(C)c12. The van der Waals surface area contributed by atoms with Crippen molar-refractivity contribution in [3.63, 3.8) is 0 Å². The van der Waals surface area contributed by atoms with Gasteiger partial charge in [0.15, 0.2) is 11.5 Å². The number of thiophene rings is 1. The fourth-order valence-corrected chi connectivity index (χ4v) is 3.64. The van der Waals surface area contributed by atoms with E-state index in [1.54, 1.807) is 32.4 Å². The summed E-state index contributed by atoms with van der Waals surface area (Å²) < 4.78 is 16.0. The molecule has 2 heterocycles. The van der Waals surface area contributed by atoms with Gasteiger partial charge >= 0.3 is 0 Å². The number of hydrogen-bond acceptors (Lipinski definition) is 7. The van der Waals surface area contributed by atoms with Gasteiger partial charge in [-0.05, 0) is 31.5 Å². The highest BCUT2D eigenvalue weighted by molar-refractivity contribution is 7.20. The number of carbonyl (C=O) groups excluding carboxylic acids is 1.